The van der Waals surface area contributed by atoms with Gasteiger partial charge in [0, 0.05) is 49.6 Å². The van der Waals surface area contributed by atoms with Gasteiger partial charge in [0.05, 0.1) is 0 Å². The Bertz CT molecular complexity index is 445. The zero-order valence-electron chi connectivity index (χ0n) is 17.2. The second kappa shape index (κ2) is 28.1. The molecule has 0 unspecified atom stereocenters. The van der Waals surface area contributed by atoms with E-state index < -0.39 is 36.7 Å². The van der Waals surface area contributed by atoms with Gasteiger partial charge in [-0.15, -0.1) is 0 Å². The second-order valence-corrected chi connectivity index (χ2v) is 5.13. The molecule has 164 valence electrons. The van der Waals surface area contributed by atoms with Crippen molar-refractivity contribution in [3.8, 4) is 0 Å². The summed E-state index contributed by atoms with van der Waals surface area (Å²) in [6, 6.07) is 0. The summed E-state index contributed by atoms with van der Waals surface area (Å²) in [4.78, 5) is 58.9. The van der Waals surface area contributed by atoms with Crippen LogP contribution in [0.2, 0.25) is 0 Å². The number of Topliss-reactive ketones (excluding diaryl/α,β-unsaturated/α-hetero) is 2. The Hall–Kier alpha value is -2.07. The molecule has 0 aromatic heterocycles. The molecule has 0 saturated heterocycles. The van der Waals surface area contributed by atoms with Crippen LogP contribution in [-0.2, 0) is 50.5 Å². The molecular formula is C18H28O10Ti. The average molecular weight is 452 g/mol. The van der Waals surface area contributed by atoms with E-state index in [0.717, 1.165) is 0 Å². The van der Waals surface area contributed by atoms with Crippen LogP contribution in [-0.4, -0.2) is 35.4 Å². The first-order chi connectivity index (χ1) is 12.9. The summed E-state index contributed by atoms with van der Waals surface area (Å²) in [5, 5.41) is 38.0. The Balaban J connectivity index is -0.0000000907. The molecule has 0 aromatic rings. The number of carbonyl (C=O) groups is 6. The topological polar surface area (TPSA) is 195 Å². The number of aliphatic carboxylic acids is 4. The van der Waals surface area contributed by atoms with Gasteiger partial charge in [-0.1, -0.05) is 27.7 Å². The first-order valence-electron chi connectivity index (χ1n) is 8.70. The van der Waals surface area contributed by atoms with Gasteiger partial charge in [-0.2, -0.15) is 0 Å². The Morgan fingerprint density at radius 2 is 0.724 bits per heavy atom. The van der Waals surface area contributed by atoms with Crippen molar-refractivity contribution in [3.05, 3.63) is 0 Å². The van der Waals surface area contributed by atoms with E-state index in [4.69, 9.17) is 0 Å². The van der Waals surface area contributed by atoms with E-state index in [-0.39, 0.29) is 46.1 Å². The van der Waals surface area contributed by atoms with Gasteiger partial charge in [0.1, 0.15) is 11.6 Å². The Kier molecular flexibility index (Phi) is 36.5. The van der Waals surface area contributed by atoms with Crippen molar-refractivity contribution >= 4 is 35.4 Å². The Labute approximate surface area is 185 Å². The standard InChI is InChI=1S/2C6H10O3.2C3H6O2.Ti/c2*1-2-3-5(7)4-6(8)9;2*1-2-3(4)5;/h2*2-4H2,1H3,(H,8,9);2*2H2,1H3,(H,4,5);/q;;;;+4/p-4. The van der Waals surface area contributed by atoms with Gasteiger partial charge in [-0.25, -0.2) is 0 Å². The number of hydrogen-bond acceptors (Lipinski definition) is 10. The van der Waals surface area contributed by atoms with Crippen LogP contribution in [0, 0.1) is 0 Å². The summed E-state index contributed by atoms with van der Waals surface area (Å²) in [6.45, 7) is 6.73. The summed E-state index contributed by atoms with van der Waals surface area (Å²) < 4.78 is 0. The Morgan fingerprint density at radius 1 is 0.517 bits per heavy atom. The number of carboxylic acid groups (broad SMARTS) is 4. The quantitative estimate of drug-likeness (QED) is 0.248. The number of rotatable bonds is 10. The van der Waals surface area contributed by atoms with Gasteiger partial charge in [0.25, 0.3) is 0 Å². The van der Waals surface area contributed by atoms with E-state index in [1.807, 2.05) is 13.8 Å². The smallest absolute Gasteiger partial charge is 0.550 e. The number of carboxylic acids is 4. The molecule has 0 radical (unpaired) electrons. The maximum absolute atomic E-state index is 10.4. The fourth-order valence-electron chi connectivity index (χ4n) is 1.06. The van der Waals surface area contributed by atoms with Crippen molar-refractivity contribution < 1.29 is 70.9 Å². The maximum atomic E-state index is 10.4. The summed E-state index contributed by atoms with van der Waals surface area (Å²) in [7, 11) is 0. The van der Waals surface area contributed by atoms with Gasteiger partial charge < -0.3 is 39.6 Å². The summed E-state index contributed by atoms with van der Waals surface area (Å²) in [5.41, 5.74) is 0. The minimum Gasteiger partial charge on any atom is -0.550 e. The largest absolute Gasteiger partial charge is 4.00 e. The number of hydrogen-bond donors (Lipinski definition) is 0. The van der Waals surface area contributed by atoms with E-state index in [1.54, 1.807) is 0 Å². The van der Waals surface area contributed by atoms with Crippen LogP contribution in [0.5, 0.6) is 0 Å². The van der Waals surface area contributed by atoms with Crippen molar-refractivity contribution in [2.24, 2.45) is 0 Å². The molecule has 0 spiro atoms. The third kappa shape index (κ3) is 58.5. The fraction of sp³-hybridized carbons (Fsp3) is 0.667. The van der Waals surface area contributed by atoms with E-state index >= 15 is 0 Å². The van der Waals surface area contributed by atoms with Crippen molar-refractivity contribution in [1.29, 1.82) is 0 Å². The third-order valence-corrected chi connectivity index (χ3v) is 2.32. The molecule has 29 heavy (non-hydrogen) atoms. The van der Waals surface area contributed by atoms with Crippen molar-refractivity contribution in [2.45, 2.75) is 79.1 Å². The molecule has 11 heteroatoms. The average Bonchev–Trinajstić information content (AvgIpc) is 2.55. The van der Waals surface area contributed by atoms with E-state index in [0.29, 0.717) is 25.7 Å². The summed E-state index contributed by atoms with van der Waals surface area (Å²) in [6.07, 6.45) is 1.43. The van der Waals surface area contributed by atoms with Gasteiger partial charge in [-0.05, 0) is 25.7 Å². The molecule has 0 bridgehead atoms. The van der Waals surface area contributed by atoms with Gasteiger partial charge in [-0.3, -0.25) is 9.59 Å². The molecule has 0 atom stereocenters. The third-order valence-electron chi connectivity index (χ3n) is 2.32. The zero-order valence-corrected chi connectivity index (χ0v) is 18.8. The first-order valence-corrected chi connectivity index (χ1v) is 8.70. The van der Waals surface area contributed by atoms with Crippen LogP contribution >= 0.6 is 0 Å². The number of carbonyl (C=O) groups excluding carboxylic acids is 6. The van der Waals surface area contributed by atoms with E-state index in [9.17, 15) is 49.2 Å². The first kappa shape index (κ1) is 37.7. The summed E-state index contributed by atoms with van der Waals surface area (Å²) in [5.74, 6) is -5.06. The van der Waals surface area contributed by atoms with Crippen LogP contribution < -0.4 is 20.4 Å². The van der Waals surface area contributed by atoms with Crippen LogP contribution in [0.3, 0.4) is 0 Å². The van der Waals surface area contributed by atoms with Gasteiger partial charge in [0.2, 0.25) is 0 Å². The molecule has 0 N–H and O–H groups in total. The molecule has 0 heterocycles. The normalized spacial score (nSPS) is 8.14. The van der Waals surface area contributed by atoms with Crippen molar-refractivity contribution in [1.82, 2.24) is 0 Å². The van der Waals surface area contributed by atoms with Crippen LogP contribution in [0.1, 0.15) is 79.1 Å². The molecule has 0 aliphatic carbocycles. The predicted octanol–water partition coefficient (Wildman–Crippen LogP) is -2.72. The molecule has 0 amide bonds. The number of ketones is 2. The molecular weight excluding hydrogens is 424 g/mol. The van der Waals surface area contributed by atoms with Crippen molar-refractivity contribution in [2.75, 3.05) is 0 Å². The molecule has 0 saturated carbocycles. The molecule has 0 rings (SSSR count). The van der Waals surface area contributed by atoms with Crippen molar-refractivity contribution in [3.63, 3.8) is 0 Å². The molecule has 0 aliphatic rings. The minimum absolute atomic E-state index is 0. The Morgan fingerprint density at radius 3 is 0.828 bits per heavy atom. The molecule has 0 aliphatic heterocycles. The predicted molar refractivity (Wildman–Crippen MR) is 89.7 cm³/mol. The fourth-order valence-corrected chi connectivity index (χ4v) is 1.06. The minimum atomic E-state index is -1.28. The SMILES string of the molecule is CCC(=O)[O-].CCC(=O)[O-].CCCC(=O)CC(=O)[O-].CCCC(=O)CC(=O)[O-].[Ti+4]. The molecule has 10 nitrogen and oxygen atoms in total. The molecule has 0 fully saturated rings. The van der Waals surface area contributed by atoms with Crippen LogP contribution in [0.25, 0.3) is 0 Å². The van der Waals surface area contributed by atoms with E-state index in [2.05, 4.69) is 0 Å². The van der Waals surface area contributed by atoms with Gasteiger partial charge >= 0.3 is 21.7 Å². The second-order valence-electron chi connectivity index (χ2n) is 5.13. The monoisotopic (exact) mass is 452 g/mol. The van der Waals surface area contributed by atoms with Crippen LogP contribution in [0.15, 0.2) is 0 Å². The zero-order chi connectivity index (χ0) is 23.1. The maximum Gasteiger partial charge on any atom is 4.00 e. The van der Waals surface area contributed by atoms with E-state index in [1.165, 1.54) is 13.8 Å². The molecule has 0 aromatic carbocycles. The summed E-state index contributed by atoms with van der Waals surface area (Å²) >= 11 is 0. The van der Waals surface area contributed by atoms with Gasteiger partial charge in [0.15, 0.2) is 0 Å². The van der Waals surface area contributed by atoms with Crippen LogP contribution in [0.4, 0.5) is 0 Å².